The van der Waals surface area contributed by atoms with Gasteiger partial charge in [0.05, 0.1) is 11.4 Å². The van der Waals surface area contributed by atoms with E-state index in [-0.39, 0.29) is 17.2 Å². The van der Waals surface area contributed by atoms with E-state index >= 15 is 0 Å². The highest BCUT2D eigenvalue weighted by molar-refractivity contribution is 7.19. The first-order chi connectivity index (χ1) is 12.5. The van der Waals surface area contributed by atoms with Gasteiger partial charge in [-0.3, -0.25) is 14.4 Å². The molecule has 0 bridgehead atoms. The van der Waals surface area contributed by atoms with Gasteiger partial charge in [0, 0.05) is 5.56 Å². The highest BCUT2D eigenvalue weighted by Gasteiger charge is 2.42. The van der Waals surface area contributed by atoms with E-state index < -0.39 is 5.91 Å². The quantitative estimate of drug-likeness (QED) is 0.622. The maximum atomic E-state index is 13.1. The van der Waals surface area contributed by atoms with Crippen LogP contribution in [-0.4, -0.2) is 21.2 Å². The van der Waals surface area contributed by atoms with E-state index in [4.69, 9.17) is 0 Å². The fourth-order valence-corrected chi connectivity index (χ4v) is 4.99. The third-order valence-corrected chi connectivity index (χ3v) is 6.00. The van der Waals surface area contributed by atoms with Crippen LogP contribution >= 0.6 is 11.3 Å². The summed E-state index contributed by atoms with van der Waals surface area (Å²) in [4.78, 5) is 45.3. The Hall–Kier alpha value is -2.80. The summed E-state index contributed by atoms with van der Waals surface area (Å²) in [7, 11) is 0. The SMILES string of the molecule is Cc1cc(C)cc(N2C(=O)c3sc4nc5c(c(=O)n4c3C2=O)CCC5)c1. The molecule has 3 heterocycles. The Balaban J connectivity index is 1.74. The third kappa shape index (κ3) is 1.92. The van der Waals surface area contributed by atoms with Gasteiger partial charge in [-0.15, -0.1) is 0 Å². The normalized spacial score (nSPS) is 15.8. The Bertz CT molecular complexity index is 1180. The minimum Gasteiger partial charge on any atom is -0.269 e. The van der Waals surface area contributed by atoms with E-state index in [1.165, 1.54) is 9.30 Å². The molecular formula is C19H15N3O3S. The van der Waals surface area contributed by atoms with Crippen LogP contribution in [0.4, 0.5) is 5.69 Å². The molecule has 130 valence electrons. The monoisotopic (exact) mass is 365 g/mol. The van der Waals surface area contributed by atoms with Crippen LogP contribution in [0.5, 0.6) is 0 Å². The summed E-state index contributed by atoms with van der Waals surface area (Å²) < 4.78 is 1.34. The van der Waals surface area contributed by atoms with Crippen LogP contribution in [0.1, 0.15) is 49.0 Å². The van der Waals surface area contributed by atoms with Gasteiger partial charge in [0.2, 0.25) is 0 Å². The fraction of sp³-hybridized carbons (Fsp3) is 0.263. The number of hydrogen-bond acceptors (Lipinski definition) is 5. The first-order valence-electron chi connectivity index (χ1n) is 8.50. The van der Waals surface area contributed by atoms with Crippen LogP contribution in [-0.2, 0) is 12.8 Å². The predicted molar refractivity (Wildman–Crippen MR) is 98.4 cm³/mol. The average Bonchev–Trinajstić information content (AvgIpc) is 3.23. The summed E-state index contributed by atoms with van der Waals surface area (Å²) in [6.07, 6.45) is 2.36. The first kappa shape index (κ1) is 15.5. The summed E-state index contributed by atoms with van der Waals surface area (Å²) in [6, 6.07) is 5.60. The molecule has 0 atom stereocenters. The number of aromatic nitrogens is 2. The lowest BCUT2D eigenvalue weighted by molar-refractivity contribution is 0.0925. The summed E-state index contributed by atoms with van der Waals surface area (Å²) in [5.74, 6) is -0.840. The molecule has 0 unspecified atom stereocenters. The van der Waals surface area contributed by atoms with Gasteiger partial charge < -0.3 is 0 Å². The zero-order valence-electron chi connectivity index (χ0n) is 14.3. The molecule has 3 aromatic rings. The van der Waals surface area contributed by atoms with Crippen molar-refractivity contribution in [2.24, 2.45) is 0 Å². The minimum atomic E-state index is -0.455. The number of nitrogens with zero attached hydrogens (tertiary/aromatic N) is 3. The topological polar surface area (TPSA) is 71.8 Å². The van der Waals surface area contributed by atoms with Crippen molar-refractivity contribution < 1.29 is 9.59 Å². The molecule has 2 aliphatic rings. The molecule has 7 heteroatoms. The Morgan fingerprint density at radius 3 is 2.46 bits per heavy atom. The molecular weight excluding hydrogens is 350 g/mol. The molecule has 0 spiro atoms. The molecule has 0 saturated heterocycles. The van der Waals surface area contributed by atoms with Crippen LogP contribution in [0.15, 0.2) is 23.0 Å². The molecule has 26 heavy (non-hydrogen) atoms. The molecule has 1 aliphatic carbocycles. The highest BCUT2D eigenvalue weighted by atomic mass is 32.1. The van der Waals surface area contributed by atoms with Crippen LogP contribution in [0.3, 0.4) is 0 Å². The Morgan fingerprint density at radius 1 is 1.00 bits per heavy atom. The van der Waals surface area contributed by atoms with Crippen molar-refractivity contribution in [1.29, 1.82) is 0 Å². The second-order valence-electron chi connectivity index (χ2n) is 6.89. The molecule has 0 N–H and O–H groups in total. The number of fused-ring (bicyclic) bond motifs is 4. The third-order valence-electron chi connectivity index (χ3n) is 4.97. The lowest BCUT2D eigenvalue weighted by Crippen LogP contribution is -2.31. The summed E-state index contributed by atoms with van der Waals surface area (Å²) in [5.41, 5.74) is 3.91. The molecule has 0 fully saturated rings. The van der Waals surface area contributed by atoms with E-state index in [0.29, 0.717) is 27.5 Å². The maximum absolute atomic E-state index is 13.1. The van der Waals surface area contributed by atoms with Crippen LogP contribution in [0.25, 0.3) is 4.96 Å². The number of benzene rings is 1. The van der Waals surface area contributed by atoms with E-state index in [1.807, 2.05) is 19.9 Å². The van der Waals surface area contributed by atoms with Crippen molar-refractivity contribution >= 4 is 33.8 Å². The summed E-state index contributed by atoms with van der Waals surface area (Å²) in [6.45, 7) is 3.84. The van der Waals surface area contributed by atoms with Crippen molar-refractivity contribution in [1.82, 2.24) is 9.38 Å². The van der Waals surface area contributed by atoms with E-state index in [9.17, 15) is 14.4 Å². The van der Waals surface area contributed by atoms with Crippen LogP contribution in [0.2, 0.25) is 0 Å². The number of anilines is 1. The number of imide groups is 1. The average molecular weight is 365 g/mol. The zero-order chi connectivity index (χ0) is 18.2. The molecule has 2 aromatic heterocycles. The standard InChI is InChI=1S/C19H15N3O3S/c1-9-6-10(2)8-11(7-9)21-17(24)14-15(18(21)25)26-19-20-13-5-3-4-12(13)16(23)22(14)19/h6-8H,3-5H2,1-2H3. The highest BCUT2D eigenvalue weighted by Crippen LogP contribution is 2.34. The lowest BCUT2D eigenvalue weighted by atomic mass is 10.1. The largest absolute Gasteiger partial charge is 0.284 e. The molecule has 5 rings (SSSR count). The van der Waals surface area contributed by atoms with Gasteiger partial charge >= 0.3 is 0 Å². The number of carbonyl (C=O) groups is 2. The smallest absolute Gasteiger partial charge is 0.269 e. The van der Waals surface area contributed by atoms with Gasteiger partial charge in [0.25, 0.3) is 17.4 Å². The summed E-state index contributed by atoms with van der Waals surface area (Å²) >= 11 is 1.13. The van der Waals surface area contributed by atoms with Crippen molar-refractivity contribution in [3.63, 3.8) is 0 Å². The van der Waals surface area contributed by atoms with Crippen molar-refractivity contribution in [3.05, 3.63) is 61.5 Å². The van der Waals surface area contributed by atoms with Gasteiger partial charge in [0.15, 0.2) is 4.96 Å². The Kier molecular flexibility index (Phi) is 3.04. The second kappa shape index (κ2) is 5.11. The Labute approximate surface area is 152 Å². The minimum absolute atomic E-state index is 0.154. The van der Waals surface area contributed by atoms with Gasteiger partial charge in [-0.2, -0.15) is 0 Å². The fourth-order valence-electron chi connectivity index (χ4n) is 3.93. The van der Waals surface area contributed by atoms with Crippen LogP contribution < -0.4 is 10.5 Å². The molecule has 0 radical (unpaired) electrons. The zero-order valence-corrected chi connectivity index (χ0v) is 15.1. The van der Waals surface area contributed by atoms with E-state index in [1.54, 1.807) is 12.1 Å². The van der Waals surface area contributed by atoms with Crippen molar-refractivity contribution in [2.75, 3.05) is 4.90 Å². The molecule has 1 aliphatic heterocycles. The number of aryl methyl sites for hydroxylation is 3. The number of carbonyl (C=O) groups excluding carboxylic acids is 2. The van der Waals surface area contributed by atoms with Crippen molar-refractivity contribution in [3.8, 4) is 0 Å². The molecule has 2 amide bonds. The van der Waals surface area contributed by atoms with Gasteiger partial charge in [0.1, 0.15) is 10.6 Å². The summed E-state index contributed by atoms with van der Waals surface area (Å²) in [5, 5.41) is 0. The lowest BCUT2D eigenvalue weighted by Gasteiger charge is -2.15. The van der Waals surface area contributed by atoms with Gasteiger partial charge in [-0.1, -0.05) is 17.4 Å². The molecule has 6 nitrogen and oxygen atoms in total. The molecule has 1 aromatic carbocycles. The second-order valence-corrected chi connectivity index (χ2v) is 7.86. The van der Waals surface area contributed by atoms with Crippen molar-refractivity contribution in [2.45, 2.75) is 33.1 Å². The number of rotatable bonds is 1. The number of hydrogen-bond donors (Lipinski definition) is 0. The number of thiazole rings is 1. The van der Waals surface area contributed by atoms with E-state index in [2.05, 4.69) is 4.98 Å². The maximum Gasteiger partial charge on any atom is 0.284 e. The first-order valence-corrected chi connectivity index (χ1v) is 9.32. The predicted octanol–water partition coefficient (Wildman–Crippen LogP) is 2.66. The van der Waals surface area contributed by atoms with E-state index in [0.717, 1.165) is 41.0 Å². The Morgan fingerprint density at radius 2 is 1.73 bits per heavy atom. The molecule has 0 saturated carbocycles. The van der Waals surface area contributed by atoms with Gasteiger partial charge in [-0.05, 0) is 56.4 Å². The van der Waals surface area contributed by atoms with Crippen LogP contribution in [0, 0.1) is 13.8 Å². The number of amides is 2. The van der Waals surface area contributed by atoms with Gasteiger partial charge in [-0.25, -0.2) is 14.3 Å².